The lowest BCUT2D eigenvalue weighted by molar-refractivity contribution is 0.202. The van der Waals surface area contributed by atoms with E-state index >= 15 is 0 Å². The summed E-state index contributed by atoms with van der Waals surface area (Å²) >= 11 is 0. The molecule has 88 valence electrons. The Morgan fingerprint density at radius 1 is 1.56 bits per heavy atom. The Morgan fingerprint density at radius 2 is 2.38 bits per heavy atom. The summed E-state index contributed by atoms with van der Waals surface area (Å²) in [6.07, 6.45) is 2.61. The first kappa shape index (κ1) is 12.4. The van der Waals surface area contributed by atoms with Crippen molar-refractivity contribution in [1.29, 1.82) is 0 Å². The van der Waals surface area contributed by atoms with E-state index in [9.17, 15) is 4.79 Å². The highest BCUT2D eigenvalue weighted by Gasteiger charge is 2.02. The molecule has 0 bridgehead atoms. The quantitative estimate of drug-likeness (QED) is 0.608. The van der Waals surface area contributed by atoms with Crippen molar-refractivity contribution in [3.8, 4) is 5.75 Å². The molecule has 0 aliphatic rings. The van der Waals surface area contributed by atoms with Gasteiger partial charge in [-0.2, -0.15) is 0 Å². The van der Waals surface area contributed by atoms with E-state index in [-0.39, 0.29) is 6.61 Å². The lowest BCUT2D eigenvalue weighted by atomic mass is 10.3. The lowest BCUT2D eigenvalue weighted by Crippen LogP contribution is -2.22. The number of aromatic nitrogens is 1. The first-order valence-electron chi connectivity index (χ1n) is 4.91. The number of rotatable bonds is 5. The number of aliphatic hydroxyl groups is 1. The summed E-state index contributed by atoms with van der Waals surface area (Å²) in [6, 6.07) is 1.71. The standard InChI is InChI=1S/C10H15N3O3/c1-11-10(15)16-9-4-8(6-13-7-9)5-12-2-3-14/h4,6-7,12,14H,2-3,5H2,1H3,(H,11,15). The highest BCUT2D eigenvalue weighted by molar-refractivity contribution is 5.69. The molecule has 1 aromatic rings. The van der Waals surface area contributed by atoms with Crippen molar-refractivity contribution in [3.63, 3.8) is 0 Å². The molecule has 0 fully saturated rings. The molecule has 0 radical (unpaired) electrons. The van der Waals surface area contributed by atoms with Crippen molar-refractivity contribution in [2.24, 2.45) is 0 Å². The van der Waals surface area contributed by atoms with Crippen LogP contribution in [0.15, 0.2) is 18.5 Å². The van der Waals surface area contributed by atoms with Crippen molar-refractivity contribution in [2.45, 2.75) is 6.54 Å². The number of amides is 1. The SMILES string of the molecule is CNC(=O)Oc1cncc(CNCCO)c1. The molecule has 6 nitrogen and oxygen atoms in total. The zero-order valence-corrected chi connectivity index (χ0v) is 9.06. The van der Waals surface area contributed by atoms with Crippen molar-refractivity contribution in [2.75, 3.05) is 20.2 Å². The summed E-state index contributed by atoms with van der Waals surface area (Å²) in [5.41, 5.74) is 0.884. The van der Waals surface area contributed by atoms with Crippen LogP contribution in [0.2, 0.25) is 0 Å². The Morgan fingerprint density at radius 3 is 3.06 bits per heavy atom. The zero-order valence-electron chi connectivity index (χ0n) is 9.06. The van der Waals surface area contributed by atoms with Gasteiger partial charge in [-0.15, -0.1) is 0 Å². The molecule has 1 aromatic heterocycles. The van der Waals surface area contributed by atoms with E-state index in [4.69, 9.17) is 9.84 Å². The van der Waals surface area contributed by atoms with Gasteiger partial charge in [0.15, 0.2) is 5.75 Å². The minimum Gasteiger partial charge on any atom is -0.409 e. The van der Waals surface area contributed by atoms with E-state index in [1.54, 1.807) is 12.3 Å². The van der Waals surface area contributed by atoms with E-state index in [0.29, 0.717) is 18.8 Å². The van der Waals surface area contributed by atoms with Gasteiger partial charge in [0.2, 0.25) is 0 Å². The number of pyridine rings is 1. The monoisotopic (exact) mass is 225 g/mol. The van der Waals surface area contributed by atoms with Crippen LogP contribution in [0.1, 0.15) is 5.56 Å². The third kappa shape index (κ3) is 4.24. The van der Waals surface area contributed by atoms with Gasteiger partial charge in [0.1, 0.15) is 0 Å². The third-order valence-electron chi connectivity index (χ3n) is 1.80. The maximum atomic E-state index is 10.9. The average molecular weight is 225 g/mol. The molecule has 6 heteroatoms. The van der Waals surface area contributed by atoms with Crippen molar-refractivity contribution in [3.05, 3.63) is 24.0 Å². The normalized spacial score (nSPS) is 9.88. The summed E-state index contributed by atoms with van der Waals surface area (Å²) in [7, 11) is 1.49. The topological polar surface area (TPSA) is 83.5 Å². The summed E-state index contributed by atoms with van der Waals surface area (Å²) < 4.78 is 4.92. The van der Waals surface area contributed by atoms with Crippen LogP contribution in [-0.4, -0.2) is 36.4 Å². The van der Waals surface area contributed by atoms with Gasteiger partial charge >= 0.3 is 6.09 Å². The summed E-state index contributed by atoms with van der Waals surface area (Å²) in [6.45, 7) is 1.17. The molecule has 1 heterocycles. The van der Waals surface area contributed by atoms with E-state index in [1.165, 1.54) is 13.2 Å². The second-order valence-corrected chi connectivity index (χ2v) is 3.07. The summed E-state index contributed by atoms with van der Waals surface area (Å²) in [5, 5.41) is 13.9. The van der Waals surface area contributed by atoms with Crippen LogP contribution in [0.5, 0.6) is 5.75 Å². The van der Waals surface area contributed by atoms with Crippen molar-refractivity contribution < 1.29 is 14.6 Å². The Labute approximate surface area is 93.6 Å². The van der Waals surface area contributed by atoms with Crippen LogP contribution in [0.25, 0.3) is 0 Å². The van der Waals surface area contributed by atoms with Gasteiger partial charge in [0.05, 0.1) is 12.8 Å². The smallest absolute Gasteiger partial charge is 0.409 e. The molecule has 0 spiro atoms. The number of hydrogen-bond acceptors (Lipinski definition) is 5. The first-order valence-corrected chi connectivity index (χ1v) is 4.91. The highest BCUT2D eigenvalue weighted by Crippen LogP contribution is 2.10. The Kier molecular flexibility index (Phi) is 5.24. The van der Waals surface area contributed by atoms with Gasteiger partial charge in [-0.25, -0.2) is 4.79 Å². The minimum absolute atomic E-state index is 0.0852. The lowest BCUT2D eigenvalue weighted by Gasteiger charge is -2.06. The molecule has 1 amide bonds. The fraction of sp³-hybridized carbons (Fsp3) is 0.400. The fourth-order valence-electron chi connectivity index (χ4n) is 1.09. The van der Waals surface area contributed by atoms with Crippen molar-refractivity contribution in [1.82, 2.24) is 15.6 Å². The number of nitrogens with zero attached hydrogens (tertiary/aromatic N) is 1. The molecular formula is C10H15N3O3. The van der Waals surface area contributed by atoms with Gasteiger partial charge < -0.3 is 20.5 Å². The van der Waals surface area contributed by atoms with Crippen LogP contribution in [0.3, 0.4) is 0 Å². The molecule has 1 rings (SSSR count). The second-order valence-electron chi connectivity index (χ2n) is 3.07. The molecule has 0 unspecified atom stereocenters. The predicted octanol–water partition coefficient (Wildman–Crippen LogP) is -0.118. The average Bonchev–Trinajstić information content (AvgIpc) is 2.30. The summed E-state index contributed by atoms with van der Waals surface area (Å²) in [4.78, 5) is 14.9. The van der Waals surface area contributed by atoms with Gasteiger partial charge in [0, 0.05) is 26.3 Å². The largest absolute Gasteiger partial charge is 0.412 e. The van der Waals surface area contributed by atoms with Crippen LogP contribution >= 0.6 is 0 Å². The molecule has 0 saturated carbocycles. The molecule has 3 N–H and O–H groups in total. The molecule has 0 saturated heterocycles. The Bertz CT molecular complexity index is 344. The Balaban J connectivity index is 2.53. The number of carbonyl (C=O) groups is 1. The van der Waals surface area contributed by atoms with E-state index in [1.807, 2.05) is 0 Å². The third-order valence-corrected chi connectivity index (χ3v) is 1.80. The Hall–Kier alpha value is -1.66. The number of nitrogens with one attached hydrogen (secondary N) is 2. The molecule has 16 heavy (non-hydrogen) atoms. The highest BCUT2D eigenvalue weighted by atomic mass is 16.6. The number of aliphatic hydroxyl groups excluding tert-OH is 1. The maximum absolute atomic E-state index is 10.9. The first-order chi connectivity index (χ1) is 7.76. The van der Waals surface area contributed by atoms with Crippen LogP contribution < -0.4 is 15.4 Å². The van der Waals surface area contributed by atoms with Crippen LogP contribution in [0, 0.1) is 0 Å². The molecule has 0 atom stereocenters. The number of carbonyl (C=O) groups excluding carboxylic acids is 1. The molecule has 0 aromatic carbocycles. The van der Waals surface area contributed by atoms with Gasteiger partial charge in [-0.05, 0) is 11.6 Å². The van der Waals surface area contributed by atoms with Gasteiger partial charge in [-0.1, -0.05) is 0 Å². The molecular weight excluding hydrogens is 210 g/mol. The number of ether oxygens (including phenoxy) is 1. The molecule has 0 aliphatic carbocycles. The zero-order chi connectivity index (χ0) is 11.8. The van der Waals surface area contributed by atoms with E-state index in [2.05, 4.69) is 15.6 Å². The molecule has 0 aliphatic heterocycles. The van der Waals surface area contributed by atoms with Gasteiger partial charge in [0.25, 0.3) is 0 Å². The number of hydrogen-bond donors (Lipinski definition) is 3. The van der Waals surface area contributed by atoms with Crippen LogP contribution in [0.4, 0.5) is 4.79 Å². The fourth-order valence-corrected chi connectivity index (χ4v) is 1.09. The van der Waals surface area contributed by atoms with E-state index < -0.39 is 6.09 Å². The van der Waals surface area contributed by atoms with Crippen molar-refractivity contribution >= 4 is 6.09 Å². The van der Waals surface area contributed by atoms with E-state index in [0.717, 1.165) is 5.56 Å². The predicted molar refractivity (Wildman–Crippen MR) is 58.1 cm³/mol. The maximum Gasteiger partial charge on any atom is 0.412 e. The van der Waals surface area contributed by atoms with Gasteiger partial charge in [-0.3, -0.25) is 4.98 Å². The second kappa shape index (κ2) is 6.76. The minimum atomic E-state index is -0.526. The van der Waals surface area contributed by atoms with Crippen LogP contribution in [-0.2, 0) is 6.54 Å². The summed E-state index contributed by atoms with van der Waals surface area (Å²) in [5.74, 6) is 0.391.